The Hall–Kier alpha value is -2.74. The van der Waals surface area contributed by atoms with Crippen molar-refractivity contribution in [2.45, 2.75) is 18.9 Å². The van der Waals surface area contributed by atoms with E-state index in [0.29, 0.717) is 6.42 Å². The summed E-state index contributed by atoms with van der Waals surface area (Å²) in [6, 6.07) is 9.14. The fourth-order valence-corrected chi connectivity index (χ4v) is 3.75. The predicted octanol–water partition coefficient (Wildman–Crippen LogP) is 2.77. The molecule has 1 fully saturated rings. The number of likely N-dealkylation sites (N-methyl/N-ethyl adjacent to an activating group) is 1. The molecule has 1 saturated heterocycles. The van der Waals surface area contributed by atoms with Gasteiger partial charge in [-0.25, -0.2) is 9.18 Å². The Morgan fingerprint density at radius 3 is 2.59 bits per heavy atom. The molecule has 4 amide bonds. The lowest BCUT2D eigenvalue weighted by atomic mass is 10.0. The van der Waals surface area contributed by atoms with Crippen LogP contribution in [0.4, 0.5) is 9.18 Å². The topological polar surface area (TPSA) is 69.7 Å². The van der Waals surface area contributed by atoms with Crippen LogP contribution in [0.3, 0.4) is 0 Å². The second-order valence-corrected chi connectivity index (χ2v) is 7.33. The zero-order valence-corrected chi connectivity index (χ0v) is 15.7. The summed E-state index contributed by atoms with van der Waals surface area (Å²) >= 11 is 1.51. The fraction of sp³-hybridized carbons (Fsp3) is 0.316. The number of hydrogen-bond acceptors (Lipinski definition) is 4. The molecule has 1 aromatic carbocycles. The Balaban J connectivity index is 1.59. The van der Waals surface area contributed by atoms with Crippen LogP contribution in [0.25, 0.3) is 0 Å². The zero-order chi connectivity index (χ0) is 19.4. The van der Waals surface area contributed by atoms with Gasteiger partial charge in [-0.1, -0.05) is 18.2 Å². The van der Waals surface area contributed by atoms with Crippen molar-refractivity contribution in [2.75, 3.05) is 20.1 Å². The molecule has 0 bridgehead atoms. The molecule has 8 heteroatoms. The SMILES string of the molecule is CN1CC(=O)N(CCCC(=O)N[C@@H](c2ccc(F)cc2)c2cccs2)C1=O. The zero-order valence-electron chi connectivity index (χ0n) is 14.9. The van der Waals surface area contributed by atoms with Crippen molar-refractivity contribution in [3.63, 3.8) is 0 Å². The van der Waals surface area contributed by atoms with Crippen LogP contribution in [0.1, 0.15) is 29.3 Å². The maximum atomic E-state index is 13.2. The average molecular weight is 389 g/mol. The van der Waals surface area contributed by atoms with Gasteiger partial charge in [0.2, 0.25) is 11.8 Å². The van der Waals surface area contributed by atoms with Gasteiger partial charge in [-0.3, -0.25) is 14.5 Å². The normalized spacial score (nSPS) is 15.3. The highest BCUT2D eigenvalue weighted by atomic mass is 32.1. The number of nitrogens with one attached hydrogen (secondary N) is 1. The Morgan fingerprint density at radius 1 is 1.26 bits per heavy atom. The van der Waals surface area contributed by atoms with E-state index in [4.69, 9.17) is 0 Å². The van der Waals surface area contributed by atoms with Crippen LogP contribution in [-0.4, -0.2) is 47.8 Å². The van der Waals surface area contributed by atoms with Gasteiger partial charge in [-0.05, 0) is 35.6 Å². The summed E-state index contributed by atoms with van der Waals surface area (Å²) in [5.74, 6) is -0.768. The minimum absolute atomic E-state index is 0.0794. The highest BCUT2D eigenvalue weighted by molar-refractivity contribution is 7.10. The standard InChI is InChI=1S/C19H20FN3O3S/c1-22-12-17(25)23(19(22)26)10-2-5-16(24)21-18(15-4-3-11-27-15)13-6-8-14(20)9-7-13/h3-4,6-9,11,18H,2,5,10,12H2,1H3,(H,21,24)/t18-/m0/s1. The number of amides is 4. The average Bonchev–Trinajstić information content (AvgIpc) is 3.25. The number of carbonyl (C=O) groups is 3. The Bertz CT molecular complexity index is 823. The van der Waals surface area contributed by atoms with Crippen molar-refractivity contribution < 1.29 is 18.8 Å². The molecular weight excluding hydrogens is 369 g/mol. The van der Waals surface area contributed by atoms with E-state index in [-0.39, 0.29) is 49.2 Å². The summed E-state index contributed by atoms with van der Waals surface area (Å²) in [6.07, 6.45) is 0.571. The van der Waals surface area contributed by atoms with Crippen LogP contribution in [0, 0.1) is 5.82 Å². The molecule has 0 spiro atoms. The van der Waals surface area contributed by atoms with Crippen LogP contribution < -0.4 is 5.32 Å². The number of thiophene rings is 1. The molecule has 2 aromatic rings. The maximum absolute atomic E-state index is 13.2. The smallest absolute Gasteiger partial charge is 0.326 e. The Labute approximate surface area is 160 Å². The largest absolute Gasteiger partial charge is 0.344 e. The first-order chi connectivity index (χ1) is 13.0. The van der Waals surface area contributed by atoms with E-state index in [2.05, 4.69) is 5.32 Å². The van der Waals surface area contributed by atoms with Crippen molar-refractivity contribution in [2.24, 2.45) is 0 Å². The predicted molar refractivity (Wildman–Crippen MR) is 99.7 cm³/mol. The molecule has 1 aromatic heterocycles. The first-order valence-electron chi connectivity index (χ1n) is 8.59. The van der Waals surface area contributed by atoms with Gasteiger partial charge in [-0.2, -0.15) is 0 Å². The van der Waals surface area contributed by atoms with E-state index in [0.717, 1.165) is 10.4 Å². The fourth-order valence-electron chi connectivity index (χ4n) is 2.95. The second kappa shape index (κ2) is 8.30. The van der Waals surface area contributed by atoms with E-state index < -0.39 is 0 Å². The summed E-state index contributed by atoms with van der Waals surface area (Å²) in [5.41, 5.74) is 0.790. The van der Waals surface area contributed by atoms with Gasteiger partial charge >= 0.3 is 6.03 Å². The molecule has 0 aliphatic carbocycles. The number of rotatable bonds is 7. The minimum Gasteiger partial charge on any atom is -0.344 e. The van der Waals surface area contributed by atoms with Gasteiger partial charge in [0, 0.05) is 24.9 Å². The van der Waals surface area contributed by atoms with Crippen molar-refractivity contribution in [1.29, 1.82) is 0 Å². The number of benzene rings is 1. The summed E-state index contributed by atoms with van der Waals surface area (Å²) in [6.45, 7) is 0.297. The molecule has 142 valence electrons. The Morgan fingerprint density at radius 2 is 2.00 bits per heavy atom. The molecule has 1 atom stereocenters. The number of imide groups is 1. The van der Waals surface area contributed by atoms with Crippen molar-refractivity contribution >= 4 is 29.2 Å². The molecule has 1 aliphatic heterocycles. The Kier molecular flexibility index (Phi) is 5.85. The minimum atomic E-state index is -0.362. The number of urea groups is 1. The molecule has 0 saturated carbocycles. The summed E-state index contributed by atoms with van der Waals surface area (Å²) in [7, 11) is 1.57. The molecule has 0 unspecified atom stereocenters. The van der Waals surface area contributed by atoms with Gasteiger partial charge < -0.3 is 10.2 Å². The first-order valence-corrected chi connectivity index (χ1v) is 9.47. The van der Waals surface area contributed by atoms with Gasteiger partial charge in [0.05, 0.1) is 6.04 Å². The summed E-state index contributed by atoms with van der Waals surface area (Å²) in [4.78, 5) is 39.5. The van der Waals surface area contributed by atoms with E-state index in [9.17, 15) is 18.8 Å². The van der Waals surface area contributed by atoms with Crippen LogP contribution in [0.5, 0.6) is 0 Å². The quantitative estimate of drug-likeness (QED) is 0.741. The van der Waals surface area contributed by atoms with Gasteiger partial charge in [0.15, 0.2) is 0 Å². The highest BCUT2D eigenvalue weighted by Gasteiger charge is 2.32. The third-order valence-corrected chi connectivity index (χ3v) is 5.29. The lowest BCUT2D eigenvalue weighted by Gasteiger charge is -2.19. The molecule has 6 nitrogen and oxygen atoms in total. The van der Waals surface area contributed by atoms with Crippen LogP contribution in [0.2, 0.25) is 0 Å². The number of halogens is 1. The maximum Gasteiger partial charge on any atom is 0.326 e. The van der Waals surface area contributed by atoms with Crippen molar-refractivity contribution in [1.82, 2.24) is 15.1 Å². The molecule has 0 radical (unpaired) electrons. The van der Waals surface area contributed by atoms with Gasteiger partial charge in [0.1, 0.15) is 12.4 Å². The third-order valence-electron chi connectivity index (χ3n) is 4.35. The van der Waals surface area contributed by atoms with E-state index >= 15 is 0 Å². The van der Waals surface area contributed by atoms with Crippen molar-refractivity contribution in [3.8, 4) is 0 Å². The third kappa shape index (κ3) is 4.51. The number of carbonyl (C=O) groups excluding carboxylic acids is 3. The number of hydrogen-bond donors (Lipinski definition) is 1. The van der Waals surface area contributed by atoms with Crippen LogP contribution in [0.15, 0.2) is 41.8 Å². The molecule has 1 N–H and O–H groups in total. The van der Waals surface area contributed by atoms with Crippen LogP contribution in [-0.2, 0) is 9.59 Å². The molecular formula is C19H20FN3O3S. The van der Waals surface area contributed by atoms with E-state index in [1.165, 1.54) is 33.3 Å². The molecule has 1 aliphatic rings. The van der Waals surface area contributed by atoms with E-state index in [1.807, 2.05) is 17.5 Å². The lowest BCUT2D eigenvalue weighted by molar-refractivity contribution is -0.126. The lowest BCUT2D eigenvalue weighted by Crippen LogP contribution is -2.34. The molecule has 27 heavy (non-hydrogen) atoms. The molecule has 2 heterocycles. The van der Waals surface area contributed by atoms with E-state index in [1.54, 1.807) is 19.2 Å². The number of nitrogens with zero attached hydrogens (tertiary/aromatic N) is 2. The monoisotopic (exact) mass is 389 g/mol. The van der Waals surface area contributed by atoms with Gasteiger partial charge in [0.25, 0.3) is 0 Å². The first kappa shape index (κ1) is 19.0. The summed E-state index contributed by atoms with van der Waals surface area (Å²) < 4.78 is 13.2. The van der Waals surface area contributed by atoms with Crippen molar-refractivity contribution in [3.05, 3.63) is 58.0 Å². The second-order valence-electron chi connectivity index (χ2n) is 6.36. The summed E-state index contributed by atoms with van der Waals surface area (Å²) in [5, 5.41) is 4.88. The highest BCUT2D eigenvalue weighted by Crippen LogP contribution is 2.26. The van der Waals surface area contributed by atoms with Gasteiger partial charge in [-0.15, -0.1) is 11.3 Å². The van der Waals surface area contributed by atoms with Crippen LogP contribution >= 0.6 is 11.3 Å². The molecule has 3 rings (SSSR count).